The highest BCUT2D eigenvalue weighted by Crippen LogP contribution is 2.25. The highest BCUT2D eigenvalue weighted by atomic mass is 16.4. The zero-order chi connectivity index (χ0) is 24.0. The SMILES string of the molecule is C=[N+]1C=CC=C(NCC2C=CC=C(C(=O)NC(CC3=CC=CC(C(=O)O)C3O)B(C)O)C2)C1. The van der Waals surface area contributed by atoms with Gasteiger partial charge in [-0.3, -0.25) is 9.59 Å². The van der Waals surface area contributed by atoms with E-state index >= 15 is 0 Å². The highest BCUT2D eigenvalue weighted by molar-refractivity contribution is 6.51. The van der Waals surface area contributed by atoms with Gasteiger partial charge in [-0.05, 0) is 30.4 Å². The van der Waals surface area contributed by atoms with E-state index in [0.29, 0.717) is 30.7 Å². The third-order valence-electron chi connectivity index (χ3n) is 6.00. The number of allylic oxidation sites excluding steroid dienone is 6. The summed E-state index contributed by atoms with van der Waals surface area (Å²) in [5, 5.41) is 36.1. The van der Waals surface area contributed by atoms with Crippen LogP contribution in [0, 0.1) is 11.8 Å². The van der Waals surface area contributed by atoms with E-state index in [1.54, 1.807) is 25.1 Å². The molecule has 0 radical (unpaired) electrons. The Balaban J connectivity index is 1.57. The first-order valence-electron chi connectivity index (χ1n) is 11.1. The van der Waals surface area contributed by atoms with Crippen LogP contribution >= 0.6 is 0 Å². The van der Waals surface area contributed by atoms with Crippen molar-refractivity contribution in [3.05, 3.63) is 71.7 Å². The second-order valence-corrected chi connectivity index (χ2v) is 8.66. The molecule has 3 rings (SSSR count). The average Bonchev–Trinajstić information content (AvgIpc) is 2.78. The quantitative estimate of drug-likeness (QED) is 0.261. The fraction of sp³-hybridized carbons (Fsp3) is 0.375. The molecule has 0 spiro atoms. The van der Waals surface area contributed by atoms with Gasteiger partial charge in [-0.2, -0.15) is 0 Å². The van der Waals surface area contributed by atoms with Crippen molar-refractivity contribution in [2.45, 2.75) is 31.7 Å². The molecule has 1 heterocycles. The lowest BCUT2D eigenvalue weighted by Crippen LogP contribution is -2.47. The monoisotopic (exact) mass is 452 g/mol. The Morgan fingerprint density at radius 3 is 2.70 bits per heavy atom. The Labute approximate surface area is 194 Å². The minimum atomic E-state index is -1.20. The summed E-state index contributed by atoms with van der Waals surface area (Å²) in [5.41, 5.74) is 2.13. The molecule has 0 aromatic heterocycles. The Morgan fingerprint density at radius 1 is 1.24 bits per heavy atom. The van der Waals surface area contributed by atoms with Gasteiger partial charge in [-0.25, -0.2) is 4.58 Å². The molecule has 2 aliphatic carbocycles. The van der Waals surface area contributed by atoms with Crippen molar-refractivity contribution in [2.24, 2.45) is 11.8 Å². The van der Waals surface area contributed by atoms with Crippen molar-refractivity contribution in [3.8, 4) is 0 Å². The second kappa shape index (κ2) is 11.1. The van der Waals surface area contributed by atoms with Crippen molar-refractivity contribution >= 4 is 25.5 Å². The minimum absolute atomic E-state index is 0.134. The molecule has 0 saturated heterocycles. The van der Waals surface area contributed by atoms with Gasteiger partial charge in [0.15, 0.2) is 12.7 Å². The Hall–Kier alpha value is -3.17. The number of carbonyl (C=O) groups is 2. The van der Waals surface area contributed by atoms with Crippen LogP contribution in [0.2, 0.25) is 6.82 Å². The third kappa shape index (κ3) is 6.66. The third-order valence-corrected chi connectivity index (χ3v) is 6.00. The van der Waals surface area contributed by atoms with E-state index in [1.807, 2.05) is 29.0 Å². The minimum Gasteiger partial charge on any atom is -0.481 e. The number of aliphatic hydroxyl groups is 1. The lowest BCUT2D eigenvalue weighted by Gasteiger charge is -2.28. The summed E-state index contributed by atoms with van der Waals surface area (Å²) in [7, 11) is 0. The van der Waals surface area contributed by atoms with Crippen LogP contribution in [-0.2, 0) is 9.59 Å². The zero-order valence-corrected chi connectivity index (χ0v) is 18.7. The fourth-order valence-corrected chi connectivity index (χ4v) is 4.03. The molecule has 4 atom stereocenters. The van der Waals surface area contributed by atoms with Crippen LogP contribution in [0.4, 0.5) is 0 Å². The standard InChI is InChI=1S/C24H30BN3O5/c1-25(33)21(13-17-7-4-10-20(22(17)29)24(31)32)27-23(30)18-8-3-6-16(12-18)14-26-19-9-5-11-28(2)15-19/h3-11,16,20-22,26,29,33H,2,12-15H2,1H3,(H-,27,30,31,32)/p+1. The summed E-state index contributed by atoms with van der Waals surface area (Å²) in [6.45, 7) is 5.95. The van der Waals surface area contributed by atoms with E-state index in [4.69, 9.17) is 0 Å². The lowest BCUT2D eigenvalue weighted by atomic mass is 9.60. The van der Waals surface area contributed by atoms with Crippen molar-refractivity contribution < 1.29 is 29.4 Å². The van der Waals surface area contributed by atoms with E-state index in [9.17, 15) is 24.8 Å². The first-order chi connectivity index (χ1) is 15.7. The van der Waals surface area contributed by atoms with Gasteiger partial charge in [0.1, 0.15) is 12.6 Å². The van der Waals surface area contributed by atoms with E-state index in [-0.39, 0.29) is 18.2 Å². The van der Waals surface area contributed by atoms with Crippen molar-refractivity contribution in [3.63, 3.8) is 0 Å². The summed E-state index contributed by atoms with van der Waals surface area (Å²) < 4.78 is 1.83. The van der Waals surface area contributed by atoms with E-state index in [1.165, 1.54) is 6.08 Å². The van der Waals surface area contributed by atoms with Crippen LogP contribution in [0.5, 0.6) is 0 Å². The van der Waals surface area contributed by atoms with Crippen molar-refractivity contribution in [1.29, 1.82) is 0 Å². The molecule has 3 aliphatic rings. The van der Waals surface area contributed by atoms with Gasteiger partial charge < -0.3 is 25.9 Å². The maximum atomic E-state index is 12.9. The topological polar surface area (TPSA) is 122 Å². The summed E-state index contributed by atoms with van der Waals surface area (Å²) in [5.74, 6) is -2.97. The largest absolute Gasteiger partial charge is 0.481 e. The highest BCUT2D eigenvalue weighted by Gasteiger charge is 2.32. The molecule has 5 N–H and O–H groups in total. The molecule has 9 heteroatoms. The molecule has 0 aromatic rings. The van der Waals surface area contributed by atoms with Crippen LogP contribution in [0.1, 0.15) is 12.8 Å². The average molecular weight is 452 g/mol. The van der Waals surface area contributed by atoms with Crippen molar-refractivity contribution in [2.75, 3.05) is 13.1 Å². The number of rotatable bonds is 9. The number of nitrogens with one attached hydrogen (secondary N) is 2. The first kappa shape index (κ1) is 24.5. The summed E-state index contributed by atoms with van der Waals surface area (Å²) >= 11 is 0. The van der Waals surface area contributed by atoms with Gasteiger partial charge in [0.05, 0.1) is 11.8 Å². The maximum Gasteiger partial charge on any atom is 0.313 e. The van der Waals surface area contributed by atoms with Gasteiger partial charge in [0.25, 0.3) is 0 Å². The number of aliphatic hydroxyl groups excluding tert-OH is 1. The normalized spacial score (nSPS) is 25.0. The smallest absolute Gasteiger partial charge is 0.313 e. The predicted molar refractivity (Wildman–Crippen MR) is 128 cm³/mol. The van der Waals surface area contributed by atoms with Crippen LogP contribution < -0.4 is 10.6 Å². The Bertz CT molecular complexity index is 977. The molecule has 0 fully saturated rings. The van der Waals surface area contributed by atoms with Crippen LogP contribution in [-0.4, -0.2) is 70.5 Å². The van der Waals surface area contributed by atoms with Gasteiger partial charge in [-0.15, -0.1) is 0 Å². The first-order valence-corrected chi connectivity index (χ1v) is 11.1. The summed E-state index contributed by atoms with van der Waals surface area (Å²) in [4.78, 5) is 24.3. The van der Waals surface area contributed by atoms with Gasteiger partial charge >= 0.3 is 12.9 Å². The molecule has 1 aliphatic heterocycles. The number of carboxylic acid groups (broad SMARTS) is 1. The van der Waals surface area contributed by atoms with E-state index < -0.39 is 30.8 Å². The number of nitrogens with zero attached hydrogens (tertiary/aromatic N) is 1. The Kier molecular flexibility index (Phi) is 8.24. The van der Waals surface area contributed by atoms with E-state index in [2.05, 4.69) is 23.4 Å². The molecule has 0 saturated carbocycles. The molecule has 33 heavy (non-hydrogen) atoms. The molecular weight excluding hydrogens is 421 g/mol. The second-order valence-electron chi connectivity index (χ2n) is 8.66. The Morgan fingerprint density at radius 2 is 2.00 bits per heavy atom. The molecule has 174 valence electrons. The van der Waals surface area contributed by atoms with Crippen LogP contribution in [0.3, 0.4) is 0 Å². The van der Waals surface area contributed by atoms with Gasteiger partial charge in [0.2, 0.25) is 5.91 Å². The number of carboxylic acids is 1. The molecule has 4 unspecified atom stereocenters. The zero-order valence-electron chi connectivity index (χ0n) is 18.7. The van der Waals surface area contributed by atoms with Crippen LogP contribution in [0.15, 0.2) is 71.7 Å². The van der Waals surface area contributed by atoms with Crippen molar-refractivity contribution in [1.82, 2.24) is 10.6 Å². The number of hydrogen-bond donors (Lipinski definition) is 5. The van der Waals surface area contributed by atoms with Gasteiger partial charge in [-0.1, -0.05) is 43.3 Å². The summed E-state index contributed by atoms with van der Waals surface area (Å²) in [6, 6.07) is 0. The number of carbonyl (C=O) groups excluding carboxylic acids is 1. The number of aliphatic carboxylic acids is 1. The predicted octanol–water partition coefficient (Wildman–Crippen LogP) is 0.788. The molecule has 0 aromatic carbocycles. The van der Waals surface area contributed by atoms with E-state index in [0.717, 1.165) is 5.70 Å². The molecule has 0 bridgehead atoms. The molecule has 8 nitrogen and oxygen atoms in total. The number of amides is 1. The summed E-state index contributed by atoms with van der Waals surface area (Å²) in [6.07, 6.45) is 15.7. The lowest BCUT2D eigenvalue weighted by molar-refractivity contribution is -0.440. The van der Waals surface area contributed by atoms with Crippen LogP contribution in [0.25, 0.3) is 0 Å². The molecule has 1 amide bonds. The number of hydrogen-bond acceptors (Lipinski definition) is 5. The fourth-order valence-electron chi connectivity index (χ4n) is 4.03. The van der Waals surface area contributed by atoms with Gasteiger partial charge in [0, 0.05) is 24.1 Å². The maximum absolute atomic E-state index is 12.9. The molecular formula is C24H31BN3O5+.